The molecule has 3 aromatic rings. The molecular weight excluding hydrogens is 580 g/mol. The van der Waals surface area contributed by atoms with Crippen LogP contribution in [0, 0.1) is 0 Å². The van der Waals surface area contributed by atoms with Gasteiger partial charge in [-0.15, -0.1) is 13.2 Å². The number of aryl methyl sites for hydroxylation is 1. The first-order valence-corrected chi connectivity index (χ1v) is 13.5. The normalized spacial score (nSPS) is 11.6. The molecule has 3 aromatic carbocycles. The summed E-state index contributed by atoms with van der Waals surface area (Å²) in [7, 11) is 1.06. The van der Waals surface area contributed by atoms with Gasteiger partial charge in [0.2, 0.25) is 0 Å². The van der Waals surface area contributed by atoms with E-state index >= 15 is 0 Å². The Morgan fingerprint density at radius 3 is 2.09 bits per heavy atom. The van der Waals surface area contributed by atoms with Gasteiger partial charge in [-0.2, -0.15) is 13.2 Å². The van der Waals surface area contributed by atoms with Gasteiger partial charge in [0.25, 0.3) is 0 Å². The summed E-state index contributed by atoms with van der Waals surface area (Å²) in [6.45, 7) is 0.00712. The molecule has 3 rings (SSSR count). The molecule has 0 heterocycles. The van der Waals surface area contributed by atoms with E-state index in [1.807, 2.05) is 30.3 Å². The van der Waals surface area contributed by atoms with Crippen molar-refractivity contribution in [3.05, 3.63) is 78.4 Å². The fourth-order valence-corrected chi connectivity index (χ4v) is 4.26. The molecule has 0 radical (unpaired) electrons. The average molecular weight is 612 g/mol. The second-order valence-electron chi connectivity index (χ2n) is 9.57. The highest BCUT2D eigenvalue weighted by Gasteiger charge is 2.31. The van der Waals surface area contributed by atoms with Gasteiger partial charge < -0.3 is 14.2 Å². The molecule has 1 amide bonds. The molecule has 43 heavy (non-hydrogen) atoms. The van der Waals surface area contributed by atoms with Gasteiger partial charge in [-0.05, 0) is 73.1 Å². The number of alkyl halides is 6. The van der Waals surface area contributed by atoms with Crippen LogP contribution in [0.3, 0.4) is 0 Å². The predicted octanol–water partition coefficient (Wildman–Crippen LogP) is 7.89. The summed E-state index contributed by atoms with van der Waals surface area (Å²) >= 11 is 0. The number of benzene rings is 3. The quantitative estimate of drug-likeness (QED) is 0.0851. The summed E-state index contributed by atoms with van der Waals surface area (Å²) in [5.74, 6) is -2.38. The fourth-order valence-electron chi connectivity index (χ4n) is 4.26. The molecule has 12 heteroatoms. The molecule has 0 saturated carbocycles. The number of hydrogen-bond donors (Lipinski definition) is 0. The highest BCUT2D eigenvalue weighted by Crippen LogP contribution is 2.36. The smallest absolute Gasteiger partial charge is 0.491 e. The van der Waals surface area contributed by atoms with Crippen molar-refractivity contribution in [3.8, 4) is 22.6 Å². The van der Waals surface area contributed by atoms with E-state index in [0.717, 1.165) is 31.2 Å². The first kappa shape index (κ1) is 33.3. The molecule has 0 unspecified atom stereocenters. The van der Waals surface area contributed by atoms with Gasteiger partial charge in [0.15, 0.2) is 0 Å². The Bertz CT molecular complexity index is 1330. The number of carbonyl (C=O) groups is 2. The molecule has 0 atom stereocenters. The number of halogens is 6. The Balaban J connectivity index is 1.89. The zero-order chi connectivity index (χ0) is 31.5. The minimum atomic E-state index is -4.86. The summed E-state index contributed by atoms with van der Waals surface area (Å²) in [5.41, 5.74) is 2.21. The molecule has 0 aliphatic rings. The SMILES string of the molecule is COC(=O)C(=O)N(CCCCc1ccccc1)c1cc(-c2ccc(OC(F)(F)F)cc2)ccc1OCCCCC(F)(F)F. The largest absolute Gasteiger partial charge is 0.573 e. The topological polar surface area (TPSA) is 65.1 Å². The maximum Gasteiger partial charge on any atom is 0.573 e. The van der Waals surface area contributed by atoms with Gasteiger partial charge in [0.1, 0.15) is 11.5 Å². The van der Waals surface area contributed by atoms with Crippen LogP contribution in [-0.4, -0.2) is 44.7 Å². The Morgan fingerprint density at radius 2 is 1.47 bits per heavy atom. The van der Waals surface area contributed by atoms with Crippen LogP contribution in [0.4, 0.5) is 32.0 Å². The number of carbonyl (C=O) groups excluding carboxylic acids is 2. The standard InChI is InChI=1S/C31H31F6NO5/c1-41-29(40)28(39)38(19-7-5-11-22-9-3-2-4-10-22)26-21-24(23-12-15-25(16-13-23)43-31(35,36)37)14-17-27(26)42-20-8-6-18-30(32,33)34/h2-4,9-10,12-17,21H,5-8,11,18-20H2,1H3. The van der Waals surface area contributed by atoms with Crippen molar-refractivity contribution in [2.24, 2.45) is 0 Å². The lowest BCUT2D eigenvalue weighted by Crippen LogP contribution is -2.38. The van der Waals surface area contributed by atoms with Gasteiger partial charge in [-0.3, -0.25) is 9.69 Å². The minimum Gasteiger partial charge on any atom is -0.491 e. The van der Waals surface area contributed by atoms with Crippen LogP contribution in [0.1, 0.15) is 37.7 Å². The summed E-state index contributed by atoms with van der Waals surface area (Å²) in [4.78, 5) is 26.7. The second kappa shape index (κ2) is 15.3. The zero-order valence-corrected chi connectivity index (χ0v) is 23.3. The fraction of sp³-hybridized carbons (Fsp3) is 0.355. The third-order valence-corrected chi connectivity index (χ3v) is 6.33. The van der Waals surface area contributed by atoms with E-state index in [1.54, 1.807) is 6.07 Å². The Labute approximate surface area is 245 Å². The lowest BCUT2D eigenvalue weighted by molar-refractivity contribution is -0.274. The summed E-state index contributed by atoms with van der Waals surface area (Å²) in [5, 5.41) is 0. The van der Waals surface area contributed by atoms with Crippen LogP contribution in [-0.2, 0) is 20.7 Å². The minimum absolute atomic E-state index is 0.0832. The summed E-state index contributed by atoms with van der Waals surface area (Å²) in [6, 6.07) is 19.3. The molecular formula is C31H31F6NO5. The molecule has 0 saturated heterocycles. The predicted molar refractivity (Wildman–Crippen MR) is 148 cm³/mol. The van der Waals surface area contributed by atoms with Gasteiger partial charge in [-0.1, -0.05) is 48.5 Å². The monoisotopic (exact) mass is 611 g/mol. The number of esters is 1. The van der Waals surface area contributed by atoms with Crippen LogP contribution in [0.5, 0.6) is 11.5 Å². The Hall–Kier alpha value is -4.22. The van der Waals surface area contributed by atoms with Crippen LogP contribution in [0.15, 0.2) is 72.8 Å². The van der Waals surface area contributed by atoms with Crippen LogP contribution in [0.2, 0.25) is 0 Å². The van der Waals surface area contributed by atoms with Crippen molar-refractivity contribution in [2.75, 3.05) is 25.2 Å². The van der Waals surface area contributed by atoms with Crippen molar-refractivity contribution >= 4 is 17.6 Å². The Kier molecular flexibility index (Phi) is 11.8. The van der Waals surface area contributed by atoms with Crippen molar-refractivity contribution in [2.45, 2.75) is 51.1 Å². The number of rotatable bonds is 13. The van der Waals surface area contributed by atoms with Crippen LogP contribution in [0.25, 0.3) is 11.1 Å². The molecule has 0 aromatic heterocycles. The third kappa shape index (κ3) is 11.2. The number of anilines is 1. The van der Waals surface area contributed by atoms with Crippen LogP contribution < -0.4 is 14.4 Å². The van der Waals surface area contributed by atoms with Gasteiger partial charge in [0, 0.05) is 13.0 Å². The number of nitrogens with zero attached hydrogens (tertiary/aromatic N) is 1. The molecule has 232 valence electrons. The summed E-state index contributed by atoms with van der Waals surface area (Å²) in [6.07, 6.45) is -8.32. The van der Waals surface area contributed by atoms with E-state index in [9.17, 15) is 35.9 Å². The molecule has 6 nitrogen and oxygen atoms in total. The van der Waals surface area contributed by atoms with Crippen molar-refractivity contribution in [1.82, 2.24) is 0 Å². The van der Waals surface area contributed by atoms with Crippen molar-refractivity contribution in [1.29, 1.82) is 0 Å². The van der Waals surface area contributed by atoms with Crippen LogP contribution >= 0.6 is 0 Å². The van der Waals surface area contributed by atoms with E-state index in [4.69, 9.17) is 4.74 Å². The van der Waals surface area contributed by atoms with Crippen molar-refractivity contribution < 1.29 is 50.1 Å². The van der Waals surface area contributed by atoms with Gasteiger partial charge in [0.05, 0.1) is 19.4 Å². The summed E-state index contributed by atoms with van der Waals surface area (Å²) < 4.78 is 89.8. The lowest BCUT2D eigenvalue weighted by atomic mass is 10.0. The lowest BCUT2D eigenvalue weighted by Gasteiger charge is -2.25. The van der Waals surface area contributed by atoms with Crippen molar-refractivity contribution in [3.63, 3.8) is 0 Å². The van der Waals surface area contributed by atoms with E-state index < -0.39 is 36.6 Å². The molecule has 0 bridgehead atoms. The second-order valence-corrected chi connectivity index (χ2v) is 9.57. The van der Waals surface area contributed by atoms with Gasteiger partial charge >= 0.3 is 24.4 Å². The molecule has 0 aliphatic carbocycles. The van der Waals surface area contributed by atoms with Gasteiger partial charge in [-0.25, -0.2) is 4.79 Å². The number of ether oxygens (including phenoxy) is 3. The number of hydrogen-bond acceptors (Lipinski definition) is 5. The average Bonchev–Trinajstić information content (AvgIpc) is 2.96. The molecule has 0 N–H and O–H groups in total. The first-order valence-electron chi connectivity index (χ1n) is 13.5. The van der Waals surface area contributed by atoms with E-state index in [-0.39, 0.29) is 37.4 Å². The van der Waals surface area contributed by atoms with E-state index in [0.29, 0.717) is 24.0 Å². The van der Waals surface area contributed by atoms with E-state index in [2.05, 4.69) is 9.47 Å². The number of amides is 1. The number of methoxy groups -OCH3 is 1. The maximum absolute atomic E-state index is 13.2. The molecule has 0 spiro atoms. The maximum atomic E-state index is 13.2. The highest BCUT2D eigenvalue weighted by molar-refractivity contribution is 6.38. The van der Waals surface area contributed by atoms with E-state index in [1.165, 1.54) is 29.2 Å². The number of unbranched alkanes of at least 4 members (excludes halogenated alkanes) is 2. The highest BCUT2D eigenvalue weighted by atomic mass is 19.4. The molecule has 0 aliphatic heterocycles. The Morgan fingerprint density at radius 1 is 0.791 bits per heavy atom. The third-order valence-electron chi connectivity index (χ3n) is 6.33. The zero-order valence-electron chi connectivity index (χ0n) is 23.3. The molecule has 0 fully saturated rings. The first-order chi connectivity index (χ1) is 20.4.